The van der Waals surface area contributed by atoms with Crippen LogP contribution < -0.4 is 5.73 Å². The van der Waals surface area contributed by atoms with Crippen molar-refractivity contribution in [2.75, 3.05) is 7.05 Å². The van der Waals surface area contributed by atoms with Gasteiger partial charge in [-0.1, -0.05) is 6.07 Å². The van der Waals surface area contributed by atoms with Gasteiger partial charge in [-0.05, 0) is 33.0 Å². The van der Waals surface area contributed by atoms with E-state index in [1.54, 1.807) is 0 Å². The minimum Gasteiger partial charge on any atom is -0.388 e. The Morgan fingerprint density at radius 2 is 2.25 bits per heavy atom. The predicted octanol–water partition coefficient (Wildman–Crippen LogP) is 1.54. The van der Waals surface area contributed by atoms with Crippen LogP contribution in [0.25, 0.3) is 0 Å². The summed E-state index contributed by atoms with van der Waals surface area (Å²) in [4.78, 5) is 6.60. The first kappa shape index (κ1) is 12.6. The number of aryl methyl sites for hydroxylation is 1. The second-order valence-electron chi connectivity index (χ2n) is 4.26. The second-order valence-corrected chi connectivity index (χ2v) is 4.26. The summed E-state index contributed by atoms with van der Waals surface area (Å²) in [6.45, 7) is 4.84. The van der Waals surface area contributed by atoms with E-state index >= 15 is 0 Å². The Bertz CT molecular complexity index is 362. The van der Waals surface area contributed by atoms with E-state index in [1.165, 1.54) is 0 Å². The van der Waals surface area contributed by atoms with Gasteiger partial charge in [-0.15, -0.1) is 0 Å². The molecular formula is C12H20N4. The van der Waals surface area contributed by atoms with Crippen LogP contribution in [0, 0.1) is 12.3 Å². The van der Waals surface area contributed by atoms with Crippen molar-refractivity contribution in [3.05, 3.63) is 29.6 Å². The molecule has 0 amide bonds. The van der Waals surface area contributed by atoms with Crippen LogP contribution >= 0.6 is 0 Å². The zero-order chi connectivity index (χ0) is 12.1. The number of nitrogens with two attached hydrogens (primary N) is 1. The van der Waals surface area contributed by atoms with E-state index in [-0.39, 0.29) is 11.9 Å². The molecule has 0 aromatic carbocycles. The lowest BCUT2D eigenvalue weighted by molar-refractivity contribution is 0.251. The number of nitrogens with one attached hydrogen (secondary N) is 1. The Balaban J connectivity index is 2.56. The van der Waals surface area contributed by atoms with E-state index in [2.05, 4.69) is 16.8 Å². The summed E-state index contributed by atoms with van der Waals surface area (Å²) >= 11 is 0. The van der Waals surface area contributed by atoms with Gasteiger partial charge in [-0.3, -0.25) is 15.3 Å². The van der Waals surface area contributed by atoms with Crippen LogP contribution in [0.2, 0.25) is 0 Å². The van der Waals surface area contributed by atoms with E-state index in [1.807, 2.05) is 32.2 Å². The quantitative estimate of drug-likeness (QED) is 0.584. The van der Waals surface area contributed by atoms with Gasteiger partial charge in [-0.25, -0.2) is 0 Å². The summed E-state index contributed by atoms with van der Waals surface area (Å²) in [6.07, 6.45) is 0.600. The van der Waals surface area contributed by atoms with Gasteiger partial charge in [0.2, 0.25) is 0 Å². The molecule has 1 aromatic rings. The molecule has 0 saturated heterocycles. The van der Waals surface area contributed by atoms with Gasteiger partial charge in [0, 0.05) is 24.7 Å². The monoisotopic (exact) mass is 220 g/mol. The highest BCUT2D eigenvalue weighted by molar-refractivity contribution is 5.77. The first-order chi connectivity index (χ1) is 7.49. The molecule has 1 aromatic heterocycles. The van der Waals surface area contributed by atoms with Gasteiger partial charge in [-0.2, -0.15) is 0 Å². The van der Waals surface area contributed by atoms with Crippen LogP contribution in [0.5, 0.6) is 0 Å². The summed E-state index contributed by atoms with van der Waals surface area (Å²) in [5.41, 5.74) is 7.48. The first-order valence-electron chi connectivity index (χ1n) is 5.44. The number of pyridine rings is 1. The molecule has 88 valence electrons. The molecule has 4 nitrogen and oxygen atoms in total. The Hall–Kier alpha value is -1.42. The third kappa shape index (κ3) is 3.98. The molecule has 0 aliphatic heterocycles. The summed E-state index contributed by atoms with van der Waals surface area (Å²) < 4.78 is 0. The molecule has 3 N–H and O–H groups in total. The second kappa shape index (κ2) is 5.61. The van der Waals surface area contributed by atoms with Crippen molar-refractivity contribution in [1.82, 2.24) is 9.88 Å². The molecule has 1 atom stereocenters. The van der Waals surface area contributed by atoms with Crippen molar-refractivity contribution < 1.29 is 0 Å². The Morgan fingerprint density at radius 3 is 2.81 bits per heavy atom. The standard InChI is InChI=1S/C12H20N4/c1-9-5-4-6-11(15-9)8-16(3)10(2)7-12(13)14/h4-6,10H,7-8H2,1-3H3,(H3,13,14). The highest BCUT2D eigenvalue weighted by Gasteiger charge is 2.11. The zero-order valence-electron chi connectivity index (χ0n) is 10.2. The molecular weight excluding hydrogens is 200 g/mol. The molecule has 0 bridgehead atoms. The lowest BCUT2D eigenvalue weighted by Gasteiger charge is -2.23. The van der Waals surface area contributed by atoms with E-state index in [0.29, 0.717) is 6.42 Å². The van der Waals surface area contributed by atoms with E-state index < -0.39 is 0 Å². The Labute approximate surface area is 97.0 Å². The minimum atomic E-state index is 0.233. The lowest BCUT2D eigenvalue weighted by atomic mass is 10.2. The molecule has 0 aliphatic carbocycles. The summed E-state index contributed by atoms with van der Waals surface area (Å²) in [5, 5.41) is 7.27. The van der Waals surface area contributed by atoms with Crippen molar-refractivity contribution in [2.45, 2.75) is 32.9 Å². The van der Waals surface area contributed by atoms with E-state index in [9.17, 15) is 0 Å². The van der Waals surface area contributed by atoms with Crippen molar-refractivity contribution in [2.24, 2.45) is 5.73 Å². The molecule has 0 spiro atoms. The Kier molecular flexibility index (Phi) is 4.43. The van der Waals surface area contributed by atoms with Crippen molar-refractivity contribution >= 4 is 5.84 Å². The fourth-order valence-corrected chi connectivity index (χ4v) is 1.57. The fourth-order valence-electron chi connectivity index (χ4n) is 1.57. The van der Waals surface area contributed by atoms with Gasteiger partial charge < -0.3 is 5.73 Å². The third-order valence-corrected chi connectivity index (χ3v) is 2.63. The normalized spacial score (nSPS) is 12.8. The maximum Gasteiger partial charge on any atom is 0.0920 e. The van der Waals surface area contributed by atoms with Crippen molar-refractivity contribution in [1.29, 1.82) is 5.41 Å². The number of hydrogen-bond acceptors (Lipinski definition) is 3. The smallest absolute Gasteiger partial charge is 0.0920 e. The van der Waals surface area contributed by atoms with E-state index in [4.69, 9.17) is 11.1 Å². The third-order valence-electron chi connectivity index (χ3n) is 2.63. The van der Waals surface area contributed by atoms with Crippen LogP contribution in [-0.4, -0.2) is 28.8 Å². The molecule has 0 radical (unpaired) electrons. The van der Waals surface area contributed by atoms with Crippen LogP contribution in [0.15, 0.2) is 18.2 Å². The molecule has 1 rings (SSSR count). The lowest BCUT2D eigenvalue weighted by Crippen LogP contribution is -2.32. The van der Waals surface area contributed by atoms with Crippen LogP contribution in [-0.2, 0) is 6.54 Å². The fraction of sp³-hybridized carbons (Fsp3) is 0.500. The maximum atomic E-state index is 7.27. The largest absolute Gasteiger partial charge is 0.388 e. The average molecular weight is 220 g/mol. The van der Waals surface area contributed by atoms with Gasteiger partial charge in [0.1, 0.15) is 0 Å². The maximum absolute atomic E-state index is 7.27. The zero-order valence-corrected chi connectivity index (χ0v) is 10.2. The highest BCUT2D eigenvalue weighted by Crippen LogP contribution is 2.07. The topological polar surface area (TPSA) is 66.0 Å². The van der Waals surface area contributed by atoms with Crippen molar-refractivity contribution in [3.8, 4) is 0 Å². The van der Waals surface area contributed by atoms with Crippen molar-refractivity contribution in [3.63, 3.8) is 0 Å². The molecule has 0 fully saturated rings. The summed E-state index contributed by atoms with van der Waals surface area (Å²) in [6, 6.07) is 6.29. The SMILES string of the molecule is Cc1cccc(CN(C)C(C)CC(=N)N)n1. The van der Waals surface area contributed by atoms with Crippen LogP contribution in [0.3, 0.4) is 0 Å². The molecule has 4 heteroatoms. The molecule has 0 saturated carbocycles. The Morgan fingerprint density at radius 1 is 1.56 bits per heavy atom. The summed E-state index contributed by atoms with van der Waals surface area (Å²) in [5.74, 6) is 0.233. The van der Waals surface area contributed by atoms with Gasteiger partial charge in [0.15, 0.2) is 0 Å². The van der Waals surface area contributed by atoms with Gasteiger partial charge in [0.25, 0.3) is 0 Å². The van der Waals surface area contributed by atoms with Gasteiger partial charge >= 0.3 is 0 Å². The van der Waals surface area contributed by atoms with Crippen LogP contribution in [0.4, 0.5) is 0 Å². The molecule has 1 unspecified atom stereocenters. The number of nitrogens with zero attached hydrogens (tertiary/aromatic N) is 2. The van der Waals surface area contributed by atoms with E-state index in [0.717, 1.165) is 17.9 Å². The summed E-state index contributed by atoms with van der Waals surface area (Å²) in [7, 11) is 2.03. The first-order valence-corrected chi connectivity index (χ1v) is 5.44. The number of amidine groups is 1. The molecule has 1 heterocycles. The number of aromatic nitrogens is 1. The average Bonchev–Trinajstić information content (AvgIpc) is 2.16. The van der Waals surface area contributed by atoms with Crippen LogP contribution in [0.1, 0.15) is 24.7 Å². The highest BCUT2D eigenvalue weighted by atomic mass is 15.1. The number of hydrogen-bond donors (Lipinski definition) is 2. The van der Waals surface area contributed by atoms with Gasteiger partial charge in [0.05, 0.1) is 11.5 Å². The molecule has 0 aliphatic rings. The predicted molar refractivity (Wildman–Crippen MR) is 66.4 cm³/mol. The number of rotatable bonds is 5. The molecule has 16 heavy (non-hydrogen) atoms. The minimum absolute atomic E-state index is 0.233.